The van der Waals surface area contributed by atoms with Crippen molar-refractivity contribution in [1.29, 1.82) is 0 Å². The molecule has 2 atom stereocenters. The summed E-state index contributed by atoms with van der Waals surface area (Å²) in [5.41, 5.74) is 2.73. The molecule has 0 saturated heterocycles. The largest absolute Gasteiger partial charge is 0.464 e. The summed E-state index contributed by atoms with van der Waals surface area (Å²) < 4.78 is 16.3. The maximum atomic E-state index is 11.9. The Balaban J connectivity index is 0.000000463. The van der Waals surface area contributed by atoms with Crippen LogP contribution in [0.15, 0.2) is 0 Å². The second-order valence-electron chi connectivity index (χ2n) is 5.56. The number of carbonyl (C=O) groups excluding carboxylic acids is 2. The Morgan fingerprint density at radius 1 is 1.39 bits per heavy atom. The van der Waals surface area contributed by atoms with Crippen LogP contribution in [0.25, 0.3) is 0 Å². The van der Waals surface area contributed by atoms with Crippen LogP contribution in [-0.2, 0) is 15.8 Å². The van der Waals surface area contributed by atoms with Crippen molar-refractivity contribution in [1.82, 2.24) is 4.57 Å². The third-order valence-corrected chi connectivity index (χ3v) is 4.07. The summed E-state index contributed by atoms with van der Waals surface area (Å²) >= 11 is 13.8. The minimum atomic E-state index is -3.22. The fraction of sp³-hybridized carbons (Fsp3) is 0.571. The molecule has 0 spiro atoms. The van der Waals surface area contributed by atoms with Gasteiger partial charge in [0.25, 0.3) is 0 Å². The minimum Gasteiger partial charge on any atom is -0.464 e. The second-order valence-corrected chi connectivity index (χ2v) is 12.2. The summed E-state index contributed by atoms with van der Waals surface area (Å²) in [5.74, 6) is 0.886. The first-order valence-corrected chi connectivity index (χ1v) is 11.4. The minimum absolute atomic E-state index is 0.404. The van der Waals surface area contributed by atoms with Gasteiger partial charge in [0.2, 0.25) is 0 Å². The quantitative estimate of drug-likeness (QED) is 0.396. The third kappa shape index (κ3) is 5.82. The summed E-state index contributed by atoms with van der Waals surface area (Å²) in [6.07, 6.45) is 1.94. The molecule has 1 heterocycles. The molecule has 130 valence electrons. The smallest absolute Gasteiger partial charge is 0.355 e. The molecule has 0 radical (unpaired) electrons. The van der Waals surface area contributed by atoms with Crippen molar-refractivity contribution in [3.63, 3.8) is 0 Å². The normalized spacial score (nSPS) is 19.6. The molecule has 1 saturated carbocycles. The molecular weight excluding hydrogens is 383 g/mol. The number of hydrogen-bond donors (Lipinski definition) is 0. The molecule has 0 aliphatic heterocycles. The van der Waals surface area contributed by atoms with Crippen molar-refractivity contribution in [3.05, 3.63) is 22.5 Å². The van der Waals surface area contributed by atoms with Gasteiger partial charge in [0.15, 0.2) is 6.29 Å². The van der Waals surface area contributed by atoms with Gasteiger partial charge < -0.3 is 9.30 Å². The van der Waals surface area contributed by atoms with Crippen LogP contribution in [0.4, 0.5) is 0 Å². The molecule has 1 aromatic rings. The Morgan fingerprint density at radius 3 is 2.22 bits per heavy atom. The first-order valence-electron chi connectivity index (χ1n) is 6.93. The molecule has 1 aliphatic rings. The Bertz CT molecular complexity index is 645. The van der Waals surface area contributed by atoms with Crippen LogP contribution in [0.3, 0.4) is 0 Å². The van der Waals surface area contributed by atoms with Crippen LogP contribution < -0.4 is 0 Å². The molecule has 23 heavy (non-hydrogen) atoms. The average Bonchev–Trinajstić information content (AvgIpc) is 3.07. The Kier molecular flexibility index (Phi) is 7.21. The number of aldehydes is 1. The van der Waals surface area contributed by atoms with Crippen LogP contribution >= 0.6 is 38.9 Å². The summed E-state index contributed by atoms with van der Waals surface area (Å²) in [7, 11) is 1.35. The van der Waals surface area contributed by atoms with Crippen LogP contribution in [0.5, 0.6) is 0 Å². The molecule has 0 amide bonds. The molecule has 0 aromatic carbocycles. The topological polar surface area (TPSA) is 65.4 Å². The van der Waals surface area contributed by atoms with Crippen molar-refractivity contribution in [2.75, 3.05) is 7.11 Å². The van der Waals surface area contributed by atoms with E-state index in [1.54, 1.807) is 0 Å². The summed E-state index contributed by atoms with van der Waals surface area (Å²) in [6, 6.07) is 0. The van der Waals surface area contributed by atoms with Crippen LogP contribution in [0.2, 0.25) is 0 Å². The van der Waals surface area contributed by atoms with Crippen LogP contribution in [0.1, 0.15) is 45.4 Å². The molecule has 9 heteroatoms. The number of carbonyl (C=O) groups is 2. The molecular formula is C14H19Cl3NO4P. The van der Waals surface area contributed by atoms with Crippen LogP contribution in [0, 0.1) is 25.7 Å². The number of hydrogen-bond acceptors (Lipinski definition) is 4. The Labute approximate surface area is 150 Å². The van der Waals surface area contributed by atoms with E-state index in [0.29, 0.717) is 23.1 Å². The van der Waals surface area contributed by atoms with Gasteiger partial charge in [-0.15, -0.1) is 0 Å². The molecule has 1 aliphatic carbocycles. The molecule has 1 aromatic heterocycles. The lowest BCUT2D eigenvalue weighted by atomic mass is 10.1. The highest BCUT2D eigenvalue weighted by molar-refractivity contribution is 8.24. The van der Waals surface area contributed by atoms with E-state index in [1.165, 1.54) is 13.5 Å². The van der Waals surface area contributed by atoms with Gasteiger partial charge in [-0.25, -0.2) is 4.79 Å². The van der Waals surface area contributed by atoms with Crippen molar-refractivity contribution in [3.8, 4) is 0 Å². The molecule has 0 N–H and O–H groups in total. The third-order valence-electron chi connectivity index (χ3n) is 4.07. The number of halogens is 3. The number of nitrogens with zero attached hydrogens (tertiary/aromatic N) is 1. The van der Waals surface area contributed by atoms with Crippen LogP contribution in [-0.4, -0.2) is 23.9 Å². The van der Waals surface area contributed by atoms with Gasteiger partial charge >= 0.3 is 11.2 Å². The van der Waals surface area contributed by atoms with Gasteiger partial charge in [-0.3, -0.25) is 9.36 Å². The molecule has 5 nitrogen and oxygen atoms in total. The SMILES string of the molecule is COC(=O)c1c(C=O)c(C)c(C)n1C[C@H]1C[C@@H]1C.O=P(Cl)(Cl)Cl. The predicted molar refractivity (Wildman–Crippen MR) is 93.1 cm³/mol. The zero-order chi connectivity index (χ0) is 17.9. The number of esters is 1. The zero-order valence-corrected chi connectivity index (χ0v) is 16.5. The number of rotatable bonds is 4. The van der Waals surface area contributed by atoms with E-state index in [2.05, 4.69) is 40.6 Å². The predicted octanol–water partition coefficient (Wildman–Crippen LogP) is 5.17. The highest BCUT2D eigenvalue weighted by Crippen LogP contribution is 2.61. The summed E-state index contributed by atoms with van der Waals surface area (Å²) in [4.78, 5) is 23.0. The van der Waals surface area contributed by atoms with Crippen molar-refractivity contribution in [2.45, 2.75) is 33.7 Å². The standard InChI is InChI=1S/C14H19NO3.Cl3OP/c1-8-5-11(8)6-15-10(3)9(2)12(7-16)13(15)14(17)18-4;1-5(2,3)4/h7-8,11H,5-6H2,1-4H3;/t8-,11+;/m0./s1. The lowest BCUT2D eigenvalue weighted by Gasteiger charge is -2.10. The van der Waals surface area contributed by atoms with Gasteiger partial charge in [-0.2, -0.15) is 0 Å². The second kappa shape index (κ2) is 8.06. The first kappa shape index (κ1) is 20.6. The molecule has 1 fully saturated rings. The number of ether oxygens (including phenoxy) is 1. The Hall–Kier alpha value is -0.480. The van der Waals surface area contributed by atoms with E-state index in [0.717, 1.165) is 24.1 Å². The Morgan fingerprint density at radius 2 is 1.87 bits per heavy atom. The van der Waals surface area contributed by atoms with Gasteiger partial charge in [0.05, 0.1) is 12.7 Å². The first-order chi connectivity index (χ1) is 10.5. The fourth-order valence-corrected chi connectivity index (χ4v) is 2.47. The van der Waals surface area contributed by atoms with Crippen molar-refractivity contribution < 1.29 is 18.9 Å². The fourth-order valence-electron chi connectivity index (χ4n) is 2.47. The highest BCUT2D eigenvalue weighted by atomic mass is 36.0. The molecule has 0 bridgehead atoms. The van der Waals surface area contributed by atoms with Gasteiger partial charge in [-0.1, -0.05) is 6.92 Å². The van der Waals surface area contributed by atoms with E-state index >= 15 is 0 Å². The van der Waals surface area contributed by atoms with E-state index in [-0.39, 0.29) is 0 Å². The number of aromatic nitrogens is 1. The lowest BCUT2D eigenvalue weighted by Crippen LogP contribution is -2.14. The summed E-state index contributed by atoms with van der Waals surface area (Å²) in [5, 5.41) is -3.22. The van der Waals surface area contributed by atoms with Gasteiger partial charge in [0.1, 0.15) is 5.69 Å². The van der Waals surface area contributed by atoms with Crippen molar-refractivity contribution in [2.24, 2.45) is 11.8 Å². The molecule has 0 unspecified atom stereocenters. The van der Waals surface area contributed by atoms with Crippen molar-refractivity contribution >= 4 is 51.2 Å². The highest BCUT2D eigenvalue weighted by Gasteiger charge is 2.35. The van der Waals surface area contributed by atoms with Gasteiger partial charge in [0, 0.05) is 12.2 Å². The molecule has 2 rings (SSSR count). The number of methoxy groups -OCH3 is 1. The lowest BCUT2D eigenvalue weighted by molar-refractivity contribution is 0.0585. The monoisotopic (exact) mass is 401 g/mol. The van der Waals surface area contributed by atoms with E-state index in [9.17, 15) is 14.2 Å². The van der Waals surface area contributed by atoms with E-state index in [1.807, 2.05) is 18.4 Å². The average molecular weight is 403 g/mol. The van der Waals surface area contributed by atoms with E-state index in [4.69, 9.17) is 4.74 Å². The summed E-state index contributed by atoms with van der Waals surface area (Å²) in [6.45, 7) is 6.82. The zero-order valence-electron chi connectivity index (χ0n) is 13.3. The van der Waals surface area contributed by atoms with Gasteiger partial charge in [-0.05, 0) is 71.4 Å². The maximum absolute atomic E-state index is 11.9. The van der Waals surface area contributed by atoms with E-state index < -0.39 is 11.2 Å². The maximum Gasteiger partial charge on any atom is 0.355 e.